The molecule has 130 valence electrons. The van der Waals surface area contributed by atoms with Crippen LogP contribution in [0.15, 0.2) is 0 Å². The Hall–Kier alpha value is -1.24. The third-order valence-corrected chi connectivity index (χ3v) is 4.32. The van der Waals surface area contributed by atoms with Crippen molar-refractivity contribution in [2.75, 3.05) is 0 Å². The number of carbonyl (C=O) groups excluding carboxylic acids is 2. The molecule has 0 aromatic rings. The normalized spacial score (nSPS) is 11.7. The van der Waals surface area contributed by atoms with Crippen LogP contribution in [0.3, 0.4) is 0 Å². The van der Waals surface area contributed by atoms with Gasteiger partial charge >= 0.3 is 12.1 Å². The second kappa shape index (κ2) is 9.02. The van der Waals surface area contributed by atoms with Gasteiger partial charge in [0, 0.05) is 24.2 Å². The Kier molecular flexibility index (Phi) is 8.51. The molecule has 0 saturated heterocycles. The van der Waals surface area contributed by atoms with Crippen LogP contribution in [0.25, 0.3) is 0 Å². The minimum atomic E-state index is -0.197. The van der Waals surface area contributed by atoms with E-state index in [9.17, 15) is 9.59 Å². The first-order valence-corrected chi connectivity index (χ1v) is 9.32. The number of nitrogens with zero attached hydrogens (tertiary/aromatic N) is 2. The first kappa shape index (κ1) is 20.8. The maximum Gasteiger partial charge on any atom is 0.319 e. The Morgan fingerprint density at radius 2 is 1.00 bits per heavy atom. The van der Waals surface area contributed by atoms with Gasteiger partial charge in [-0.25, -0.2) is 9.59 Å². The highest BCUT2D eigenvalue weighted by molar-refractivity contribution is 6.14. The second-order valence-electron chi connectivity index (χ2n) is 6.84. The van der Waals surface area contributed by atoms with Gasteiger partial charge in [-0.15, -0.1) is 0 Å². The van der Waals surface area contributed by atoms with Crippen molar-refractivity contribution in [3.05, 3.63) is 0 Å². The van der Waals surface area contributed by atoms with Gasteiger partial charge in [0.25, 0.3) is 0 Å². The molecule has 0 unspecified atom stereocenters. The number of amides is 4. The molecule has 0 aliphatic carbocycles. The van der Waals surface area contributed by atoms with Crippen molar-refractivity contribution in [3.8, 4) is 0 Å². The number of rotatable bonds is 6. The molecule has 0 fully saturated rings. The van der Waals surface area contributed by atoms with Gasteiger partial charge in [-0.1, -0.05) is 0 Å². The van der Waals surface area contributed by atoms with Gasteiger partial charge in [-0.3, -0.25) is 0 Å². The highest BCUT2D eigenvalue weighted by atomic mass is 28.1. The summed E-state index contributed by atoms with van der Waals surface area (Å²) in [5.41, 5.74) is 0. The van der Waals surface area contributed by atoms with E-state index >= 15 is 0 Å². The summed E-state index contributed by atoms with van der Waals surface area (Å²) >= 11 is 0. The van der Waals surface area contributed by atoms with Crippen LogP contribution in [0.1, 0.15) is 55.4 Å². The molecule has 0 aliphatic rings. The highest BCUT2D eigenvalue weighted by Gasteiger charge is 2.32. The van der Waals surface area contributed by atoms with Gasteiger partial charge < -0.3 is 20.4 Å². The number of hydrogen-bond donors (Lipinski definition) is 2. The zero-order valence-electron chi connectivity index (χ0n) is 15.6. The lowest BCUT2D eigenvalue weighted by Crippen LogP contribution is -2.62. The summed E-state index contributed by atoms with van der Waals surface area (Å²) in [7, 11) is 0.678. The molecular weight excluding hydrogens is 296 g/mol. The fourth-order valence-electron chi connectivity index (χ4n) is 2.45. The Morgan fingerprint density at radius 1 is 0.727 bits per heavy atom. The van der Waals surface area contributed by atoms with Crippen LogP contribution in [0.4, 0.5) is 9.59 Å². The molecule has 0 bridgehead atoms. The second-order valence-corrected chi connectivity index (χ2v) is 7.88. The molecule has 22 heavy (non-hydrogen) atoms. The van der Waals surface area contributed by atoms with Gasteiger partial charge in [0.2, 0.25) is 0 Å². The predicted molar refractivity (Wildman–Crippen MR) is 95.0 cm³/mol. The van der Waals surface area contributed by atoms with E-state index in [-0.39, 0.29) is 42.0 Å². The third kappa shape index (κ3) is 6.25. The molecule has 0 radical (unpaired) electrons. The van der Waals surface area contributed by atoms with E-state index < -0.39 is 0 Å². The smallest absolute Gasteiger partial charge is 0.319 e. The number of nitrogens with one attached hydrogen (secondary N) is 2. The lowest BCUT2D eigenvalue weighted by molar-refractivity contribution is 0.0920. The van der Waals surface area contributed by atoms with Crippen LogP contribution in [0.5, 0.6) is 0 Å². The molecule has 0 heterocycles. The van der Waals surface area contributed by atoms with Crippen molar-refractivity contribution >= 4 is 22.3 Å². The van der Waals surface area contributed by atoms with Crippen molar-refractivity contribution in [1.82, 2.24) is 20.4 Å². The van der Waals surface area contributed by atoms with E-state index in [2.05, 4.69) is 10.6 Å². The fraction of sp³-hybridized carbons (Fsp3) is 0.867. The summed E-state index contributed by atoms with van der Waals surface area (Å²) in [5.74, 6) is -0.197. The predicted octanol–water partition coefficient (Wildman–Crippen LogP) is 1.29. The van der Waals surface area contributed by atoms with Crippen molar-refractivity contribution in [1.29, 1.82) is 0 Å². The van der Waals surface area contributed by atoms with Crippen LogP contribution < -0.4 is 10.6 Å². The van der Waals surface area contributed by atoms with Gasteiger partial charge in [-0.2, -0.15) is 0 Å². The SMILES string of the molecule is CC(C)NC(=O)N(C(C)C)C([SiH3])N(C(=O)NC(C)C)C(C)C. The monoisotopic (exact) mass is 330 g/mol. The Balaban J connectivity index is 5.33. The number of carbonyl (C=O) groups is 2. The van der Waals surface area contributed by atoms with E-state index in [1.807, 2.05) is 55.4 Å². The molecule has 0 aliphatic heterocycles. The summed E-state index contributed by atoms with van der Waals surface area (Å²) in [6.07, 6.45) is 0. The van der Waals surface area contributed by atoms with E-state index in [4.69, 9.17) is 0 Å². The van der Waals surface area contributed by atoms with Crippen LogP contribution in [0.2, 0.25) is 0 Å². The van der Waals surface area contributed by atoms with Gasteiger partial charge in [0.1, 0.15) is 0 Å². The van der Waals surface area contributed by atoms with Crippen molar-refractivity contribution < 1.29 is 9.59 Å². The lowest BCUT2D eigenvalue weighted by atomic mass is 10.3. The minimum Gasteiger partial charge on any atom is -0.336 e. The zero-order chi connectivity index (χ0) is 17.6. The van der Waals surface area contributed by atoms with Crippen LogP contribution in [-0.2, 0) is 0 Å². The fourth-order valence-corrected chi connectivity index (χ4v) is 4.11. The van der Waals surface area contributed by atoms with E-state index in [1.165, 1.54) is 0 Å². The summed E-state index contributed by atoms with van der Waals surface area (Å²) in [5, 5.41) is 5.86. The van der Waals surface area contributed by atoms with Gasteiger partial charge in [-0.05, 0) is 55.4 Å². The maximum absolute atomic E-state index is 12.5. The lowest BCUT2D eigenvalue weighted by Gasteiger charge is -2.42. The van der Waals surface area contributed by atoms with Crippen LogP contribution in [0, 0.1) is 0 Å². The maximum atomic E-state index is 12.5. The summed E-state index contributed by atoms with van der Waals surface area (Å²) < 4.78 is 0. The van der Waals surface area contributed by atoms with E-state index in [0.29, 0.717) is 10.2 Å². The molecule has 0 atom stereocenters. The van der Waals surface area contributed by atoms with Gasteiger partial charge in [0.15, 0.2) is 0 Å². The van der Waals surface area contributed by atoms with Crippen LogP contribution in [-0.4, -0.2) is 62.1 Å². The molecule has 0 aromatic heterocycles. The molecule has 0 aromatic carbocycles. The molecular formula is C15H34N4O2Si. The Bertz CT molecular complexity index is 339. The summed E-state index contributed by atoms with van der Waals surface area (Å²) in [4.78, 5) is 28.5. The first-order valence-electron chi connectivity index (χ1n) is 8.16. The summed E-state index contributed by atoms with van der Waals surface area (Å²) in [6, 6.07) is -0.0519. The Labute approximate surface area is 138 Å². The number of urea groups is 2. The zero-order valence-corrected chi connectivity index (χ0v) is 17.6. The van der Waals surface area contributed by atoms with E-state index in [1.54, 1.807) is 9.80 Å². The average molecular weight is 331 g/mol. The summed E-state index contributed by atoms with van der Waals surface area (Å²) in [6.45, 7) is 15.6. The molecule has 6 nitrogen and oxygen atoms in total. The third-order valence-electron chi connectivity index (χ3n) is 3.21. The molecule has 2 N–H and O–H groups in total. The average Bonchev–Trinajstić information content (AvgIpc) is 2.24. The quantitative estimate of drug-likeness (QED) is 0.569. The molecule has 4 amide bonds. The standard InChI is InChI=1S/C15H34N4O2Si/c1-9(2)16-13(20)18(11(5)6)15(22)19(12(7)8)14(21)17-10(3)4/h9-12,15H,1-8,22H3,(H,16,20)(H,17,21). The first-order chi connectivity index (χ1) is 9.98. The topological polar surface area (TPSA) is 64.7 Å². The molecule has 0 rings (SSSR count). The van der Waals surface area contributed by atoms with Crippen LogP contribution >= 0.6 is 0 Å². The molecule has 7 heteroatoms. The van der Waals surface area contributed by atoms with Crippen molar-refractivity contribution in [2.24, 2.45) is 0 Å². The van der Waals surface area contributed by atoms with Crippen molar-refractivity contribution in [2.45, 2.75) is 85.3 Å². The molecule has 0 spiro atoms. The largest absolute Gasteiger partial charge is 0.336 e. The van der Waals surface area contributed by atoms with E-state index in [0.717, 1.165) is 0 Å². The number of hydrogen-bond acceptors (Lipinski definition) is 2. The minimum absolute atomic E-state index is 0.0225. The highest BCUT2D eigenvalue weighted by Crippen LogP contribution is 2.13. The van der Waals surface area contributed by atoms with Gasteiger partial charge in [0.05, 0.1) is 16.0 Å². The Morgan fingerprint density at radius 3 is 1.18 bits per heavy atom. The van der Waals surface area contributed by atoms with Crippen molar-refractivity contribution in [3.63, 3.8) is 0 Å². The molecule has 0 saturated carbocycles.